The van der Waals surface area contributed by atoms with Gasteiger partial charge in [0.05, 0.1) is 31.1 Å². The molecule has 1 N–H and O–H groups in total. The molecule has 1 amide bonds. The van der Waals surface area contributed by atoms with Crippen molar-refractivity contribution in [2.45, 2.75) is 18.4 Å². The van der Waals surface area contributed by atoms with E-state index in [1.54, 1.807) is 0 Å². The lowest BCUT2D eigenvalue weighted by Gasteiger charge is -2.26. The number of esters is 2. The number of methoxy groups -OCH3 is 2. The number of nitro benzene ring substituents is 1. The molecule has 0 aromatic heterocycles. The topological polar surface area (TPSA) is 125 Å². The summed E-state index contributed by atoms with van der Waals surface area (Å²) in [4.78, 5) is 47.2. The van der Waals surface area contributed by atoms with Crippen molar-refractivity contribution >= 4 is 23.5 Å². The molecular weight excluding hydrogens is 418 g/mol. The summed E-state index contributed by atoms with van der Waals surface area (Å²) in [6, 6.07) is 6.35. The van der Waals surface area contributed by atoms with Crippen LogP contribution in [0.2, 0.25) is 0 Å². The number of rotatable bonds is 8. The quantitative estimate of drug-likeness (QED) is 0.383. The summed E-state index contributed by atoms with van der Waals surface area (Å²) in [5.41, 5.74) is -0.623. The summed E-state index contributed by atoms with van der Waals surface area (Å²) in [7, 11) is 2.15. The molecule has 0 saturated carbocycles. The smallest absolute Gasteiger partial charge is 0.329 e. The number of benzene rings is 2. The van der Waals surface area contributed by atoms with Crippen molar-refractivity contribution in [1.82, 2.24) is 5.32 Å². The van der Waals surface area contributed by atoms with Crippen LogP contribution in [0.25, 0.3) is 0 Å². The number of amides is 1. The van der Waals surface area contributed by atoms with Gasteiger partial charge in [0.1, 0.15) is 6.04 Å². The third-order valence-electron chi connectivity index (χ3n) is 4.49. The fourth-order valence-corrected chi connectivity index (χ4v) is 2.88. The number of nitro groups is 1. The first-order valence-corrected chi connectivity index (χ1v) is 8.83. The van der Waals surface area contributed by atoms with Crippen LogP contribution in [0.5, 0.6) is 0 Å². The number of halogens is 2. The maximum absolute atomic E-state index is 14.0. The van der Waals surface area contributed by atoms with E-state index in [0.29, 0.717) is 0 Å². The standard InChI is InChI=1S/C20H18F2N2O7/c1-30-16(25)10-14(11-6-8-12(9-7-11)24(28)29)18(20(27)31-2)23-19(26)13-4-3-5-15(21)17(13)22/h3-9,14,18H,10H2,1-2H3,(H,23,26)/t14-,18+/m0/s1. The number of hydrogen-bond donors (Lipinski definition) is 1. The van der Waals surface area contributed by atoms with E-state index in [0.717, 1.165) is 44.6 Å². The zero-order chi connectivity index (χ0) is 23.1. The third-order valence-corrected chi connectivity index (χ3v) is 4.49. The van der Waals surface area contributed by atoms with Crippen molar-refractivity contribution in [2.75, 3.05) is 14.2 Å². The van der Waals surface area contributed by atoms with Crippen LogP contribution in [0, 0.1) is 21.7 Å². The average Bonchev–Trinajstić information content (AvgIpc) is 2.77. The van der Waals surface area contributed by atoms with E-state index in [1.165, 1.54) is 12.1 Å². The highest BCUT2D eigenvalue weighted by molar-refractivity contribution is 5.97. The molecule has 31 heavy (non-hydrogen) atoms. The lowest BCUT2D eigenvalue weighted by Crippen LogP contribution is -2.46. The van der Waals surface area contributed by atoms with Gasteiger partial charge in [-0.3, -0.25) is 19.7 Å². The first-order chi connectivity index (χ1) is 14.7. The van der Waals surface area contributed by atoms with Crippen LogP contribution in [-0.4, -0.2) is 43.0 Å². The van der Waals surface area contributed by atoms with Gasteiger partial charge in [0.2, 0.25) is 0 Å². The van der Waals surface area contributed by atoms with E-state index in [-0.39, 0.29) is 11.3 Å². The first kappa shape index (κ1) is 23.4. The molecular formula is C20H18F2N2O7. The number of carbonyl (C=O) groups excluding carboxylic acids is 3. The lowest BCUT2D eigenvalue weighted by molar-refractivity contribution is -0.384. The van der Waals surface area contributed by atoms with Crippen molar-refractivity contribution in [3.63, 3.8) is 0 Å². The number of hydrogen-bond acceptors (Lipinski definition) is 7. The van der Waals surface area contributed by atoms with Crippen molar-refractivity contribution in [3.05, 3.63) is 75.3 Å². The first-order valence-electron chi connectivity index (χ1n) is 8.83. The second-order valence-corrected chi connectivity index (χ2v) is 6.31. The molecule has 0 unspecified atom stereocenters. The molecule has 2 atom stereocenters. The fraction of sp³-hybridized carbons (Fsp3) is 0.250. The van der Waals surface area contributed by atoms with Crippen molar-refractivity contribution in [1.29, 1.82) is 0 Å². The van der Waals surface area contributed by atoms with Gasteiger partial charge in [-0.05, 0) is 17.7 Å². The van der Waals surface area contributed by atoms with E-state index >= 15 is 0 Å². The van der Waals surface area contributed by atoms with E-state index in [4.69, 9.17) is 4.74 Å². The van der Waals surface area contributed by atoms with Gasteiger partial charge in [0, 0.05) is 18.1 Å². The molecule has 11 heteroatoms. The third kappa shape index (κ3) is 5.59. The van der Waals surface area contributed by atoms with Crippen LogP contribution in [0.1, 0.15) is 28.3 Å². The number of carbonyl (C=O) groups is 3. The Morgan fingerprint density at radius 2 is 1.71 bits per heavy atom. The van der Waals surface area contributed by atoms with Crippen molar-refractivity contribution in [2.24, 2.45) is 0 Å². The maximum atomic E-state index is 14.0. The Balaban J connectivity index is 2.46. The minimum Gasteiger partial charge on any atom is -0.469 e. The molecule has 9 nitrogen and oxygen atoms in total. The zero-order valence-electron chi connectivity index (χ0n) is 16.5. The molecule has 0 aliphatic carbocycles. The second kappa shape index (κ2) is 10.2. The molecule has 2 rings (SSSR count). The molecule has 0 spiro atoms. The van der Waals surface area contributed by atoms with Gasteiger partial charge in [-0.2, -0.15) is 0 Å². The van der Waals surface area contributed by atoms with Gasteiger partial charge in [0.25, 0.3) is 11.6 Å². The maximum Gasteiger partial charge on any atom is 0.329 e. The Morgan fingerprint density at radius 3 is 2.26 bits per heavy atom. The van der Waals surface area contributed by atoms with Gasteiger partial charge in [-0.25, -0.2) is 13.6 Å². The molecule has 0 fully saturated rings. The van der Waals surface area contributed by atoms with Crippen LogP contribution in [-0.2, 0) is 19.1 Å². The molecule has 0 bridgehead atoms. The fourth-order valence-electron chi connectivity index (χ4n) is 2.88. The Labute approximate surface area is 175 Å². The zero-order valence-corrected chi connectivity index (χ0v) is 16.5. The Hall–Kier alpha value is -3.89. The number of nitrogens with zero attached hydrogens (tertiary/aromatic N) is 1. The lowest BCUT2D eigenvalue weighted by atomic mass is 9.88. The molecule has 0 aliphatic heterocycles. The van der Waals surface area contributed by atoms with Gasteiger partial charge < -0.3 is 14.8 Å². The van der Waals surface area contributed by atoms with Crippen LogP contribution >= 0.6 is 0 Å². The second-order valence-electron chi connectivity index (χ2n) is 6.31. The van der Waals surface area contributed by atoms with E-state index in [9.17, 15) is 33.3 Å². The molecule has 0 aliphatic rings. The average molecular weight is 436 g/mol. The van der Waals surface area contributed by atoms with Crippen LogP contribution in [0.4, 0.5) is 14.5 Å². The summed E-state index contributed by atoms with van der Waals surface area (Å²) >= 11 is 0. The monoisotopic (exact) mass is 436 g/mol. The highest BCUT2D eigenvalue weighted by atomic mass is 19.2. The molecule has 0 radical (unpaired) electrons. The largest absolute Gasteiger partial charge is 0.469 e. The number of nitrogens with one attached hydrogen (secondary N) is 1. The van der Waals surface area contributed by atoms with Gasteiger partial charge in [0.15, 0.2) is 11.6 Å². The summed E-state index contributed by atoms with van der Waals surface area (Å²) in [6.07, 6.45) is -0.417. The molecule has 0 saturated heterocycles. The number of ether oxygens (including phenoxy) is 2. The number of non-ortho nitro benzene ring substituents is 1. The highest BCUT2D eigenvalue weighted by Gasteiger charge is 2.35. The van der Waals surface area contributed by atoms with E-state index in [2.05, 4.69) is 10.1 Å². The van der Waals surface area contributed by atoms with Crippen molar-refractivity contribution < 1.29 is 37.6 Å². The summed E-state index contributed by atoms with van der Waals surface area (Å²) in [5, 5.41) is 13.1. The summed E-state index contributed by atoms with van der Waals surface area (Å²) in [5.74, 6) is -6.60. The normalized spacial score (nSPS) is 12.4. The van der Waals surface area contributed by atoms with Crippen LogP contribution in [0.3, 0.4) is 0 Å². The predicted molar refractivity (Wildman–Crippen MR) is 102 cm³/mol. The highest BCUT2D eigenvalue weighted by Crippen LogP contribution is 2.27. The van der Waals surface area contributed by atoms with Gasteiger partial charge in [-0.1, -0.05) is 18.2 Å². The minimum atomic E-state index is -1.51. The van der Waals surface area contributed by atoms with Crippen molar-refractivity contribution in [3.8, 4) is 0 Å². The van der Waals surface area contributed by atoms with E-state index in [1.807, 2.05) is 0 Å². The van der Waals surface area contributed by atoms with Gasteiger partial charge in [-0.15, -0.1) is 0 Å². The molecule has 0 heterocycles. The summed E-state index contributed by atoms with van der Waals surface area (Å²) < 4.78 is 36.8. The Bertz CT molecular complexity index is 996. The molecule has 2 aromatic rings. The molecule has 164 valence electrons. The van der Waals surface area contributed by atoms with Crippen LogP contribution < -0.4 is 5.32 Å². The Morgan fingerprint density at radius 1 is 1.06 bits per heavy atom. The van der Waals surface area contributed by atoms with E-state index < -0.39 is 58.3 Å². The SMILES string of the molecule is COC(=O)C[C@@H](c1ccc([N+](=O)[O-])cc1)[C@@H](NC(=O)c1cccc(F)c1F)C(=O)OC. The predicted octanol–water partition coefficient (Wildman–Crippen LogP) is 2.49. The Kier molecular flexibility index (Phi) is 7.72. The minimum absolute atomic E-state index is 0.235. The summed E-state index contributed by atoms with van der Waals surface area (Å²) in [6.45, 7) is 0. The van der Waals surface area contributed by atoms with Crippen LogP contribution in [0.15, 0.2) is 42.5 Å². The molecule has 2 aromatic carbocycles. The van der Waals surface area contributed by atoms with Gasteiger partial charge >= 0.3 is 11.9 Å².